The molecule has 1 unspecified atom stereocenters. The van der Waals surface area contributed by atoms with E-state index in [1.807, 2.05) is 20.8 Å². The van der Waals surface area contributed by atoms with E-state index in [-0.39, 0.29) is 5.97 Å². The fraction of sp³-hybridized carbons (Fsp3) is 0.750. The number of esters is 1. The van der Waals surface area contributed by atoms with Crippen molar-refractivity contribution in [3.05, 3.63) is 11.1 Å². The van der Waals surface area contributed by atoms with Crippen LogP contribution in [0.1, 0.15) is 27.2 Å². The Morgan fingerprint density at radius 3 is 2.28 bits per heavy atom. The lowest BCUT2D eigenvalue weighted by Crippen LogP contribution is -2.58. The third kappa shape index (κ3) is 3.35. The largest absolute Gasteiger partial charge is 0.460 e. The summed E-state index contributed by atoms with van der Waals surface area (Å²) in [4.78, 5) is 12.2. The van der Waals surface area contributed by atoms with Gasteiger partial charge in [0.2, 0.25) is 0 Å². The van der Waals surface area contributed by atoms with Gasteiger partial charge in [-0.15, -0.1) is 0 Å². The first-order valence-electron chi connectivity index (χ1n) is 5.77. The molecule has 0 spiro atoms. The molecule has 0 bridgehead atoms. The van der Waals surface area contributed by atoms with Crippen molar-refractivity contribution < 1.29 is 9.53 Å². The Labute approximate surface area is 125 Å². The van der Waals surface area contributed by atoms with Gasteiger partial charge in [0.05, 0.1) is 5.92 Å². The van der Waals surface area contributed by atoms with Crippen molar-refractivity contribution in [2.75, 3.05) is 10.7 Å². The van der Waals surface area contributed by atoms with Gasteiger partial charge in [-0.3, -0.25) is 4.79 Å². The smallest absolute Gasteiger partial charge is 0.313 e. The van der Waals surface area contributed by atoms with Crippen molar-refractivity contribution >= 4 is 37.8 Å². The number of halogens is 2. The SMILES string of the molecule is CC(C)(C)OC(=O)C1CC(CBr)=C(CBr)C1(N)N. The maximum atomic E-state index is 12.2. The highest BCUT2D eigenvalue weighted by Crippen LogP contribution is 2.38. The van der Waals surface area contributed by atoms with Gasteiger partial charge < -0.3 is 16.2 Å². The molecular weight excluding hydrogens is 364 g/mol. The van der Waals surface area contributed by atoms with E-state index in [0.717, 1.165) is 11.1 Å². The molecule has 0 saturated heterocycles. The minimum atomic E-state index is -1.13. The van der Waals surface area contributed by atoms with Gasteiger partial charge in [-0.2, -0.15) is 0 Å². The molecule has 0 heterocycles. The third-order valence-electron chi connectivity index (χ3n) is 2.96. The molecule has 1 rings (SSSR count). The normalized spacial score (nSPS) is 23.4. The number of carbonyl (C=O) groups excluding carboxylic acids is 1. The summed E-state index contributed by atoms with van der Waals surface area (Å²) in [6.07, 6.45) is 0.550. The molecule has 18 heavy (non-hydrogen) atoms. The summed E-state index contributed by atoms with van der Waals surface area (Å²) in [5, 5.41) is 1.24. The number of ether oxygens (including phenoxy) is 1. The van der Waals surface area contributed by atoms with Crippen LogP contribution < -0.4 is 11.5 Å². The summed E-state index contributed by atoms with van der Waals surface area (Å²) >= 11 is 6.79. The first-order valence-corrected chi connectivity index (χ1v) is 8.01. The van der Waals surface area contributed by atoms with Crippen molar-refractivity contribution in [2.24, 2.45) is 17.4 Å². The molecule has 0 aromatic rings. The van der Waals surface area contributed by atoms with E-state index >= 15 is 0 Å². The molecule has 0 saturated carbocycles. The quantitative estimate of drug-likeness (QED) is 0.338. The molecule has 0 amide bonds. The molecule has 1 aliphatic carbocycles. The number of rotatable bonds is 3. The second-order valence-electron chi connectivity index (χ2n) is 5.57. The lowest BCUT2D eigenvalue weighted by molar-refractivity contribution is -0.161. The topological polar surface area (TPSA) is 78.3 Å². The summed E-state index contributed by atoms with van der Waals surface area (Å²) in [5.74, 6) is -0.848. The van der Waals surface area contributed by atoms with Crippen molar-refractivity contribution in [1.82, 2.24) is 0 Å². The van der Waals surface area contributed by atoms with Crippen LogP contribution in [0.5, 0.6) is 0 Å². The number of hydrogen-bond acceptors (Lipinski definition) is 4. The predicted octanol–water partition coefficient (Wildman–Crippen LogP) is 2.05. The van der Waals surface area contributed by atoms with Crippen molar-refractivity contribution in [3.63, 3.8) is 0 Å². The second kappa shape index (κ2) is 5.61. The van der Waals surface area contributed by atoms with Crippen LogP contribution in [0, 0.1) is 5.92 Å². The molecule has 104 valence electrons. The highest BCUT2D eigenvalue weighted by atomic mass is 79.9. The van der Waals surface area contributed by atoms with Gasteiger partial charge in [0, 0.05) is 10.7 Å². The summed E-state index contributed by atoms with van der Waals surface area (Å²) in [5.41, 5.74) is 12.6. The minimum absolute atomic E-state index is 0.332. The number of nitrogens with two attached hydrogens (primary N) is 2. The van der Waals surface area contributed by atoms with Gasteiger partial charge in [-0.1, -0.05) is 37.4 Å². The highest BCUT2D eigenvalue weighted by molar-refractivity contribution is 9.09. The van der Waals surface area contributed by atoms with Gasteiger partial charge in [0.1, 0.15) is 11.3 Å². The minimum Gasteiger partial charge on any atom is -0.460 e. The Morgan fingerprint density at radius 1 is 1.39 bits per heavy atom. The van der Waals surface area contributed by atoms with Gasteiger partial charge in [-0.25, -0.2) is 0 Å². The monoisotopic (exact) mass is 382 g/mol. The molecular formula is C12H20Br2N2O2. The summed E-state index contributed by atoms with van der Waals surface area (Å²) in [7, 11) is 0. The Bertz CT molecular complexity index is 373. The van der Waals surface area contributed by atoms with E-state index in [9.17, 15) is 4.79 Å². The lowest BCUT2D eigenvalue weighted by atomic mass is 9.93. The molecule has 4 nitrogen and oxygen atoms in total. The van der Waals surface area contributed by atoms with Crippen LogP contribution in [0.4, 0.5) is 0 Å². The number of hydrogen-bond donors (Lipinski definition) is 2. The first kappa shape index (κ1) is 16.1. The Balaban J connectivity index is 2.93. The Morgan fingerprint density at radius 2 is 1.94 bits per heavy atom. The summed E-state index contributed by atoms with van der Waals surface area (Å²) < 4.78 is 5.39. The fourth-order valence-electron chi connectivity index (χ4n) is 2.05. The molecule has 4 N–H and O–H groups in total. The van der Waals surface area contributed by atoms with E-state index in [2.05, 4.69) is 31.9 Å². The molecule has 0 fully saturated rings. The molecule has 1 atom stereocenters. The third-order valence-corrected chi connectivity index (χ3v) is 4.20. The Hall–Kier alpha value is 0.0900. The van der Waals surface area contributed by atoms with Crippen molar-refractivity contribution in [1.29, 1.82) is 0 Å². The zero-order chi connectivity index (χ0) is 14.1. The molecule has 0 aromatic carbocycles. The Kier molecular flexibility index (Phi) is 5.03. The maximum Gasteiger partial charge on any atom is 0.313 e. The first-order chi connectivity index (χ1) is 8.13. The molecule has 0 aromatic heterocycles. The van der Waals surface area contributed by atoms with Crippen LogP contribution in [0.25, 0.3) is 0 Å². The molecule has 0 aliphatic heterocycles. The second-order valence-corrected chi connectivity index (χ2v) is 6.69. The van der Waals surface area contributed by atoms with E-state index in [4.69, 9.17) is 16.2 Å². The van der Waals surface area contributed by atoms with E-state index in [1.54, 1.807) is 0 Å². The average molecular weight is 384 g/mol. The number of alkyl halides is 2. The zero-order valence-corrected chi connectivity index (χ0v) is 14.1. The van der Waals surface area contributed by atoms with E-state index in [1.165, 1.54) is 0 Å². The van der Waals surface area contributed by atoms with Crippen LogP contribution in [-0.4, -0.2) is 27.9 Å². The average Bonchev–Trinajstić information content (AvgIpc) is 2.46. The standard InChI is InChI=1S/C12H20Br2N2O2/c1-11(2,3)18-10(17)8-4-7(5-13)9(6-14)12(8,15)16/h8H,4-6,15-16H2,1-3H3. The van der Waals surface area contributed by atoms with Gasteiger partial charge in [0.15, 0.2) is 0 Å². The highest BCUT2D eigenvalue weighted by Gasteiger charge is 2.47. The summed E-state index contributed by atoms with van der Waals surface area (Å²) in [6, 6.07) is 0. The van der Waals surface area contributed by atoms with Gasteiger partial charge >= 0.3 is 5.97 Å². The van der Waals surface area contributed by atoms with Crippen molar-refractivity contribution in [2.45, 2.75) is 38.5 Å². The predicted molar refractivity (Wildman–Crippen MR) is 79.7 cm³/mol. The number of allylic oxidation sites excluding steroid dienone is 1. The van der Waals surface area contributed by atoms with Crippen LogP contribution in [-0.2, 0) is 9.53 Å². The zero-order valence-electron chi connectivity index (χ0n) is 10.9. The summed E-state index contributed by atoms with van der Waals surface area (Å²) in [6.45, 7) is 5.50. The maximum absolute atomic E-state index is 12.2. The van der Waals surface area contributed by atoms with Crippen LogP contribution in [0.15, 0.2) is 11.1 Å². The van der Waals surface area contributed by atoms with Crippen LogP contribution in [0.3, 0.4) is 0 Å². The van der Waals surface area contributed by atoms with E-state index in [0.29, 0.717) is 17.1 Å². The van der Waals surface area contributed by atoms with Crippen LogP contribution >= 0.6 is 31.9 Å². The molecule has 6 heteroatoms. The number of carbonyl (C=O) groups is 1. The fourth-order valence-corrected chi connectivity index (χ4v) is 3.50. The molecule has 1 aliphatic rings. The van der Waals surface area contributed by atoms with Crippen molar-refractivity contribution in [3.8, 4) is 0 Å². The van der Waals surface area contributed by atoms with Crippen LogP contribution in [0.2, 0.25) is 0 Å². The van der Waals surface area contributed by atoms with E-state index < -0.39 is 17.2 Å². The lowest BCUT2D eigenvalue weighted by Gasteiger charge is -2.30. The molecule has 0 radical (unpaired) electrons. The van der Waals surface area contributed by atoms with Gasteiger partial charge in [-0.05, 0) is 32.8 Å². The van der Waals surface area contributed by atoms with Gasteiger partial charge in [0.25, 0.3) is 0 Å².